The summed E-state index contributed by atoms with van der Waals surface area (Å²) in [5.74, 6) is 0.721. The molecule has 4 nitrogen and oxygen atoms in total. The molecule has 0 aromatic heterocycles. The van der Waals surface area contributed by atoms with Crippen LogP contribution >= 0.6 is 0 Å². The van der Waals surface area contributed by atoms with Crippen LogP contribution in [0.3, 0.4) is 0 Å². The van der Waals surface area contributed by atoms with E-state index < -0.39 is 6.10 Å². The minimum atomic E-state index is -0.469. The average molecular weight is 265 g/mol. The first kappa shape index (κ1) is 15.5. The molecule has 0 bridgehead atoms. The zero-order chi connectivity index (χ0) is 14.3. The van der Waals surface area contributed by atoms with Crippen molar-refractivity contribution in [3.8, 4) is 5.75 Å². The van der Waals surface area contributed by atoms with E-state index in [1.165, 1.54) is 5.56 Å². The fraction of sp³-hybridized carbons (Fsp3) is 0.533. The minimum absolute atomic E-state index is 0.0993. The van der Waals surface area contributed by atoms with Gasteiger partial charge in [0.05, 0.1) is 19.1 Å². The van der Waals surface area contributed by atoms with E-state index in [9.17, 15) is 9.90 Å². The lowest BCUT2D eigenvalue weighted by Gasteiger charge is -2.12. The normalized spacial score (nSPS) is 12.0. The number of amides is 1. The summed E-state index contributed by atoms with van der Waals surface area (Å²) in [4.78, 5) is 11.5. The van der Waals surface area contributed by atoms with Gasteiger partial charge in [-0.05, 0) is 37.5 Å². The van der Waals surface area contributed by atoms with Crippen molar-refractivity contribution in [1.29, 1.82) is 0 Å². The molecule has 106 valence electrons. The molecule has 2 N–H and O–H groups in total. The number of carbonyl (C=O) groups is 1. The van der Waals surface area contributed by atoms with Crippen LogP contribution in [0.25, 0.3) is 0 Å². The lowest BCUT2D eigenvalue weighted by Crippen LogP contribution is -2.32. The second-order valence-electron chi connectivity index (χ2n) is 4.66. The maximum Gasteiger partial charge on any atom is 0.223 e. The van der Waals surface area contributed by atoms with Gasteiger partial charge in [-0.2, -0.15) is 0 Å². The van der Waals surface area contributed by atoms with E-state index in [1.54, 1.807) is 0 Å². The van der Waals surface area contributed by atoms with Gasteiger partial charge in [0.15, 0.2) is 0 Å². The predicted octanol–water partition coefficient (Wildman–Crippen LogP) is 1.96. The Labute approximate surface area is 114 Å². The predicted molar refractivity (Wildman–Crippen MR) is 75.3 cm³/mol. The summed E-state index contributed by atoms with van der Waals surface area (Å²) in [6, 6.07) is 5.87. The highest BCUT2D eigenvalue weighted by molar-refractivity contribution is 5.76. The Morgan fingerprint density at radius 2 is 2.16 bits per heavy atom. The maximum atomic E-state index is 11.5. The zero-order valence-corrected chi connectivity index (χ0v) is 11.9. The monoisotopic (exact) mass is 265 g/mol. The first-order valence-electron chi connectivity index (χ1n) is 6.68. The lowest BCUT2D eigenvalue weighted by atomic mass is 10.1. The number of benzene rings is 1. The highest BCUT2D eigenvalue weighted by atomic mass is 16.5. The van der Waals surface area contributed by atoms with E-state index in [-0.39, 0.29) is 5.91 Å². The third-order valence-corrected chi connectivity index (χ3v) is 3.15. The Balaban J connectivity index is 2.30. The molecule has 1 atom stereocenters. The molecular weight excluding hydrogens is 242 g/mol. The third-order valence-electron chi connectivity index (χ3n) is 3.15. The molecule has 0 fully saturated rings. The molecule has 0 spiro atoms. The summed E-state index contributed by atoms with van der Waals surface area (Å²) in [7, 11) is 0. The first-order valence-corrected chi connectivity index (χ1v) is 6.68. The van der Waals surface area contributed by atoms with Crippen LogP contribution in [0, 0.1) is 13.8 Å². The number of ether oxygens (including phenoxy) is 1. The highest BCUT2D eigenvalue weighted by Gasteiger charge is 2.06. The molecule has 0 aliphatic heterocycles. The van der Waals surface area contributed by atoms with E-state index in [0.717, 1.165) is 11.3 Å². The van der Waals surface area contributed by atoms with Gasteiger partial charge in [-0.25, -0.2) is 0 Å². The number of carbonyl (C=O) groups excluding carboxylic acids is 1. The molecule has 1 amide bonds. The number of hydrogen-bond acceptors (Lipinski definition) is 3. The minimum Gasteiger partial charge on any atom is -0.493 e. The average Bonchev–Trinajstić information content (AvgIpc) is 2.40. The number of rotatable bonds is 7. The van der Waals surface area contributed by atoms with Crippen LogP contribution in [0.5, 0.6) is 5.75 Å². The summed E-state index contributed by atoms with van der Waals surface area (Å²) in [6.45, 7) is 6.56. The number of nitrogens with one attached hydrogen (secondary N) is 1. The summed E-state index contributed by atoms with van der Waals surface area (Å²) in [5.41, 5.74) is 2.28. The van der Waals surface area contributed by atoms with Gasteiger partial charge in [0, 0.05) is 6.54 Å². The van der Waals surface area contributed by atoms with Crippen LogP contribution in [0.15, 0.2) is 18.2 Å². The Kier molecular flexibility index (Phi) is 6.36. The molecule has 0 aliphatic carbocycles. The van der Waals surface area contributed by atoms with E-state index in [4.69, 9.17) is 4.74 Å². The van der Waals surface area contributed by atoms with Crippen molar-refractivity contribution in [2.45, 2.75) is 39.7 Å². The van der Waals surface area contributed by atoms with Crippen LogP contribution in [-0.2, 0) is 4.79 Å². The van der Waals surface area contributed by atoms with Gasteiger partial charge in [-0.3, -0.25) is 4.79 Å². The Morgan fingerprint density at radius 3 is 2.84 bits per heavy atom. The summed E-state index contributed by atoms with van der Waals surface area (Å²) in [5, 5.41) is 12.0. The third kappa shape index (κ3) is 5.30. The molecule has 1 aromatic carbocycles. The highest BCUT2D eigenvalue weighted by Crippen LogP contribution is 2.20. The van der Waals surface area contributed by atoms with E-state index >= 15 is 0 Å². The Bertz CT molecular complexity index is 418. The van der Waals surface area contributed by atoms with Crippen LogP contribution in [0.4, 0.5) is 0 Å². The van der Waals surface area contributed by atoms with Gasteiger partial charge in [0.2, 0.25) is 5.91 Å². The molecule has 4 heteroatoms. The molecule has 0 aliphatic rings. The number of hydrogen-bond donors (Lipinski definition) is 2. The Hall–Kier alpha value is -1.55. The first-order chi connectivity index (χ1) is 9.04. The van der Waals surface area contributed by atoms with Gasteiger partial charge in [-0.15, -0.1) is 0 Å². The molecule has 0 heterocycles. The van der Waals surface area contributed by atoms with Crippen molar-refractivity contribution in [3.63, 3.8) is 0 Å². The van der Waals surface area contributed by atoms with Crippen molar-refractivity contribution >= 4 is 5.91 Å². The quantitative estimate of drug-likeness (QED) is 0.792. The smallest absolute Gasteiger partial charge is 0.223 e. The van der Waals surface area contributed by atoms with Crippen LogP contribution in [0.2, 0.25) is 0 Å². The van der Waals surface area contributed by atoms with E-state index in [1.807, 2.05) is 39.0 Å². The van der Waals surface area contributed by atoms with Crippen LogP contribution in [0.1, 0.15) is 30.9 Å². The second kappa shape index (κ2) is 7.79. The Morgan fingerprint density at radius 1 is 1.42 bits per heavy atom. The van der Waals surface area contributed by atoms with Crippen molar-refractivity contribution in [2.75, 3.05) is 13.2 Å². The molecule has 1 aromatic rings. The van der Waals surface area contributed by atoms with Gasteiger partial charge in [0.1, 0.15) is 5.75 Å². The van der Waals surface area contributed by atoms with Crippen molar-refractivity contribution < 1.29 is 14.6 Å². The van der Waals surface area contributed by atoms with Crippen LogP contribution in [-0.4, -0.2) is 30.3 Å². The molecule has 0 saturated carbocycles. The molecule has 0 radical (unpaired) electrons. The number of aryl methyl sites for hydroxylation is 1. The van der Waals surface area contributed by atoms with Gasteiger partial charge >= 0.3 is 0 Å². The van der Waals surface area contributed by atoms with Gasteiger partial charge < -0.3 is 15.2 Å². The number of aliphatic hydroxyl groups excluding tert-OH is 1. The molecule has 1 rings (SSSR count). The number of aliphatic hydroxyl groups is 1. The van der Waals surface area contributed by atoms with Gasteiger partial charge in [-0.1, -0.05) is 19.1 Å². The molecular formula is C15H23NO3. The topological polar surface area (TPSA) is 58.6 Å². The lowest BCUT2D eigenvalue weighted by molar-refractivity contribution is -0.122. The largest absolute Gasteiger partial charge is 0.493 e. The summed E-state index contributed by atoms with van der Waals surface area (Å²) in [6.07, 6.45) is 0.465. The van der Waals surface area contributed by atoms with Crippen molar-refractivity contribution in [2.24, 2.45) is 0 Å². The zero-order valence-electron chi connectivity index (χ0n) is 11.9. The summed E-state index contributed by atoms with van der Waals surface area (Å²) >= 11 is 0. The SMILES string of the molecule is CCC(O)CNC(=O)CCOc1cccc(C)c1C. The molecule has 1 unspecified atom stereocenters. The van der Waals surface area contributed by atoms with Crippen LogP contribution < -0.4 is 10.1 Å². The van der Waals surface area contributed by atoms with Gasteiger partial charge in [0.25, 0.3) is 0 Å². The molecule has 19 heavy (non-hydrogen) atoms. The van der Waals surface area contributed by atoms with E-state index in [2.05, 4.69) is 5.32 Å². The standard InChI is InChI=1S/C15H23NO3/c1-4-13(17)10-16-15(18)8-9-19-14-7-5-6-11(2)12(14)3/h5-7,13,17H,4,8-10H2,1-3H3,(H,16,18). The van der Waals surface area contributed by atoms with E-state index in [0.29, 0.717) is 26.0 Å². The maximum absolute atomic E-state index is 11.5. The summed E-state index contributed by atoms with van der Waals surface area (Å²) < 4.78 is 5.60. The molecule has 0 saturated heterocycles. The fourth-order valence-corrected chi connectivity index (χ4v) is 1.60. The van der Waals surface area contributed by atoms with Crippen molar-refractivity contribution in [3.05, 3.63) is 29.3 Å². The van der Waals surface area contributed by atoms with Crippen molar-refractivity contribution in [1.82, 2.24) is 5.32 Å². The second-order valence-corrected chi connectivity index (χ2v) is 4.66. The fourth-order valence-electron chi connectivity index (χ4n) is 1.60.